The van der Waals surface area contributed by atoms with Gasteiger partial charge in [-0.25, -0.2) is 0 Å². The van der Waals surface area contributed by atoms with Crippen molar-refractivity contribution in [2.45, 2.75) is 11.2 Å². The number of hydrogen-bond acceptors (Lipinski definition) is 6. The molecule has 0 saturated carbocycles. The van der Waals surface area contributed by atoms with Gasteiger partial charge >= 0.3 is 17.6 Å². The molecule has 0 spiro atoms. The van der Waals surface area contributed by atoms with E-state index in [-0.39, 0.29) is 0 Å². The maximum atomic E-state index is 5.54. The highest BCUT2D eigenvalue weighted by molar-refractivity contribution is 6.93. The highest BCUT2D eigenvalue weighted by Crippen LogP contribution is 2.44. The van der Waals surface area contributed by atoms with Crippen LogP contribution in [0.3, 0.4) is 0 Å². The van der Waals surface area contributed by atoms with Gasteiger partial charge < -0.3 is 26.6 Å². The molecule has 0 aromatic carbocycles. The van der Waals surface area contributed by atoms with Gasteiger partial charge in [-0.1, -0.05) is 6.92 Å². The van der Waals surface area contributed by atoms with Crippen molar-refractivity contribution in [1.82, 2.24) is 0 Å². The lowest BCUT2D eigenvalue weighted by atomic mass is 10.9. The van der Waals surface area contributed by atoms with E-state index in [0.29, 0.717) is 10.2 Å². The first-order valence-corrected chi connectivity index (χ1v) is 9.62. The molecular formula is C8H24O6Si3. The highest BCUT2D eigenvalue weighted by atomic mass is 28.5. The molecule has 0 heterocycles. The molecular weight excluding hydrogens is 276 g/mol. The summed E-state index contributed by atoms with van der Waals surface area (Å²) >= 11 is 0. The Kier molecular flexibility index (Phi) is 6.70. The molecule has 0 aliphatic carbocycles. The summed E-state index contributed by atoms with van der Waals surface area (Å²) in [6, 6.07) is 0. The van der Waals surface area contributed by atoms with E-state index in [9.17, 15) is 0 Å². The van der Waals surface area contributed by atoms with Crippen LogP contribution in [0, 0.1) is 0 Å². The SMILES string of the molecule is CO[Si](OC)(OC)C(C)([SiH3])[Si](OC)(OC)OC. The van der Waals surface area contributed by atoms with Crippen molar-refractivity contribution in [3.63, 3.8) is 0 Å². The van der Waals surface area contributed by atoms with E-state index in [1.165, 1.54) is 0 Å². The average molecular weight is 301 g/mol. The van der Waals surface area contributed by atoms with Crippen LogP contribution in [-0.2, 0) is 26.6 Å². The molecule has 0 fully saturated rings. The highest BCUT2D eigenvalue weighted by Gasteiger charge is 2.70. The second-order valence-electron chi connectivity index (χ2n) is 3.96. The fourth-order valence-electron chi connectivity index (χ4n) is 2.22. The third kappa shape index (κ3) is 2.57. The molecule has 0 radical (unpaired) electrons. The number of rotatable bonds is 8. The zero-order chi connectivity index (χ0) is 13.7. The first kappa shape index (κ1) is 17.4. The van der Waals surface area contributed by atoms with Crippen LogP contribution in [0.15, 0.2) is 0 Å². The minimum atomic E-state index is -2.89. The third-order valence-electron chi connectivity index (χ3n) is 3.14. The molecule has 0 unspecified atom stereocenters. The first-order valence-electron chi connectivity index (χ1n) is 5.17. The first-order chi connectivity index (χ1) is 7.86. The maximum Gasteiger partial charge on any atom is 0.507 e. The van der Waals surface area contributed by atoms with Crippen molar-refractivity contribution in [2.75, 3.05) is 42.7 Å². The van der Waals surface area contributed by atoms with Crippen LogP contribution in [0.2, 0.25) is 4.28 Å². The summed E-state index contributed by atoms with van der Waals surface area (Å²) in [6.07, 6.45) is 0. The standard InChI is InChI=1S/C8H24O6Si3/c1-8(15,16(9-2,10-3)11-4)17(12-5,13-6)14-7/h1-7,15H3. The predicted octanol–water partition coefficient (Wildman–Crippen LogP) is -0.635. The normalized spacial score (nSPS) is 14.3. The van der Waals surface area contributed by atoms with Gasteiger partial charge in [0.15, 0.2) is 0 Å². The average Bonchev–Trinajstić information content (AvgIpc) is 2.34. The van der Waals surface area contributed by atoms with Gasteiger partial charge in [-0.3, -0.25) is 0 Å². The summed E-state index contributed by atoms with van der Waals surface area (Å²) in [5, 5.41) is 0. The lowest BCUT2D eigenvalue weighted by Gasteiger charge is -2.45. The van der Waals surface area contributed by atoms with E-state index in [0.717, 1.165) is 0 Å². The molecule has 9 heteroatoms. The Morgan fingerprint density at radius 3 is 0.941 bits per heavy atom. The fraction of sp³-hybridized carbons (Fsp3) is 1.00. The molecule has 0 aromatic heterocycles. The van der Waals surface area contributed by atoms with Crippen molar-refractivity contribution in [3.8, 4) is 0 Å². The van der Waals surface area contributed by atoms with E-state index >= 15 is 0 Å². The van der Waals surface area contributed by atoms with Crippen molar-refractivity contribution in [1.29, 1.82) is 0 Å². The van der Waals surface area contributed by atoms with Crippen LogP contribution in [0.4, 0.5) is 0 Å². The van der Waals surface area contributed by atoms with Crippen LogP contribution in [0.25, 0.3) is 0 Å². The van der Waals surface area contributed by atoms with Gasteiger partial charge in [0.05, 0.1) is 4.28 Å². The van der Waals surface area contributed by atoms with Crippen molar-refractivity contribution < 1.29 is 26.6 Å². The van der Waals surface area contributed by atoms with Crippen LogP contribution in [0.1, 0.15) is 6.92 Å². The topological polar surface area (TPSA) is 55.4 Å². The summed E-state index contributed by atoms with van der Waals surface area (Å²) in [5.41, 5.74) is 0. The Bertz CT molecular complexity index is 191. The van der Waals surface area contributed by atoms with E-state index in [4.69, 9.17) is 26.6 Å². The van der Waals surface area contributed by atoms with Gasteiger partial charge in [-0.05, 0) is 0 Å². The van der Waals surface area contributed by atoms with Gasteiger partial charge in [0.1, 0.15) is 0 Å². The molecule has 0 aliphatic rings. The third-order valence-corrected chi connectivity index (χ3v) is 14.9. The van der Waals surface area contributed by atoms with Crippen LogP contribution in [-0.4, -0.2) is 70.5 Å². The molecule has 0 aliphatic heterocycles. The molecule has 0 aromatic rings. The van der Waals surface area contributed by atoms with E-state index in [1.54, 1.807) is 42.7 Å². The molecule has 0 atom stereocenters. The summed E-state index contributed by atoms with van der Waals surface area (Å²) in [4.78, 5) is 0. The zero-order valence-electron chi connectivity index (χ0n) is 11.9. The Morgan fingerprint density at radius 1 is 0.647 bits per heavy atom. The van der Waals surface area contributed by atoms with Crippen molar-refractivity contribution >= 4 is 27.9 Å². The summed E-state index contributed by atoms with van der Waals surface area (Å²) in [6.45, 7) is 1.98. The minimum absolute atomic E-state index is 0.490. The summed E-state index contributed by atoms with van der Waals surface area (Å²) < 4.78 is 32.7. The van der Waals surface area contributed by atoms with Crippen LogP contribution in [0.5, 0.6) is 0 Å². The molecule has 0 bridgehead atoms. The van der Waals surface area contributed by atoms with Crippen LogP contribution >= 0.6 is 0 Å². The molecule has 17 heavy (non-hydrogen) atoms. The van der Waals surface area contributed by atoms with E-state index in [1.807, 2.05) is 6.92 Å². The number of hydrogen-bond donors (Lipinski definition) is 0. The lowest BCUT2D eigenvalue weighted by molar-refractivity contribution is 0.0748. The molecule has 0 amide bonds. The van der Waals surface area contributed by atoms with Gasteiger partial charge in [-0.2, -0.15) is 0 Å². The van der Waals surface area contributed by atoms with Crippen LogP contribution < -0.4 is 0 Å². The maximum absolute atomic E-state index is 5.54. The predicted molar refractivity (Wildman–Crippen MR) is 71.9 cm³/mol. The van der Waals surface area contributed by atoms with Gasteiger partial charge in [0, 0.05) is 52.9 Å². The Morgan fingerprint density at radius 2 is 0.824 bits per heavy atom. The Labute approximate surface area is 109 Å². The van der Waals surface area contributed by atoms with Crippen molar-refractivity contribution in [3.05, 3.63) is 0 Å². The minimum Gasteiger partial charge on any atom is -0.377 e. The zero-order valence-corrected chi connectivity index (χ0v) is 15.9. The smallest absolute Gasteiger partial charge is 0.377 e. The molecule has 0 saturated heterocycles. The molecule has 0 rings (SSSR count). The quantitative estimate of drug-likeness (QED) is 0.556. The summed E-state index contributed by atoms with van der Waals surface area (Å²) in [7, 11) is 4.38. The Hall–Kier alpha value is 0.411. The Balaban J connectivity index is 5.60. The molecule has 6 nitrogen and oxygen atoms in total. The molecule has 104 valence electrons. The van der Waals surface area contributed by atoms with Gasteiger partial charge in [0.2, 0.25) is 0 Å². The lowest BCUT2D eigenvalue weighted by Crippen LogP contribution is -2.68. The summed E-state index contributed by atoms with van der Waals surface area (Å²) in [5.74, 6) is 0. The monoisotopic (exact) mass is 300 g/mol. The second kappa shape index (κ2) is 6.54. The van der Waals surface area contributed by atoms with Crippen molar-refractivity contribution in [2.24, 2.45) is 0 Å². The van der Waals surface area contributed by atoms with E-state index < -0.39 is 21.9 Å². The second-order valence-corrected chi connectivity index (χ2v) is 15.6. The van der Waals surface area contributed by atoms with E-state index in [2.05, 4.69) is 0 Å². The molecule has 0 N–H and O–H groups in total. The largest absolute Gasteiger partial charge is 0.507 e. The van der Waals surface area contributed by atoms with Gasteiger partial charge in [0.25, 0.3) is 0 Å². The van der Waals surface area contributed by atoms with Gasteiger partial charge in [-0.15, -0.1) is 0 Å². The fourth-order valence-corrected chi connectivity index (χ4v) is 13.3.